The van der Waals surface area contributed by atoms with E-state index in [0.29, 0.717) is 17.3 Å². The molecule has 0 spiro atoms. The van der Waals surface area contributed by atoms with Crippen molar-refractivity contribution in [3.63, 3.8) is 0 Å². The molecule has 0 radical (unpaired) electrons. The molecule has 0 saturated heterocycles. The molecule has 1 aromatic heterocycles. The first kappa shape index (κ1) is 12.4. The van der Waals surface area contributed by atoms with Crippen molar-refractivity contribution in [3.05, 3.63) is 33.5 Å². The maximum absolute atomic E-state index is 13.0. The van der Waals surface area contributed by atoms with Crippen LogP contribution in [0.3, 0.4) is 0 Å². The third kappa shape index (κ3) is 2.63. The summed E-state index contributed by atoms with van der Waals surface area (Å²) >= 11 is 2.03. The van der Waals surface area contributed by atoms with E-state index in [1.165, 1.54) is 12.1 Å². The van der Waals surface area contributed by atoms with Gasteiger partial charge in [-0.05, 0) is 47.2 Å². The quantitative estimate of drug-likeness (QED) is 0.868. The Labute approximate surface area is 112 Å². The standard InChI is InChI=1S/C11H11FIN3O/c1-2-9(14)11-16-15-10(17-11)7-4-3-6(12)5-8(7)13/h3-5,9H,2,14H2,1H3. The predicted octanol–water partition coefficient (Wildman–Crippen LogP) is 2.89. The summed E-state index contributed by atoms with van der Waals surface area (Å²) in [6, 6.07) is 4.14. The van der Waals surface area contributed by atoms with Crippen molar-refractivity contribution in [2.75, 3.05) is 0 Å². The first-order valence-corrected chi connectivity index (χ1v) is 6.24. The van der Waals surface area contributed by atoms with Gasteiger partial charge >= 0.3 is 0 Å². The van der Waals surface area contributed by atoms with Gasteiger partial charge in [-0.1, -0.05) is 6.92 Å². The second-order valence-corrected chi connectivity index (χ2v) is 4.75. The minimum Gasteiger partial charge on any atom is -0.419 e. The molecule has 1 aromatic carbocycles. The number of benzene rings is 1. The lowest BCUT2D eigenvalue weighted by atomic mass is 10.2. The number of nitrogens with zero attached hydrogens (tertiary/aromatic N) is 2. The van der Waals surface area contributed by atoms with Crippen molar-refractivity contribution in [1.29, 1.82) is 0 Å². The van der Waals surface area contributed by atoms with E-state index in [2.05, 4.69) is 10.2 Å². The highest BCUT2D eigenvalue weighted by Crippen LogP contribution is 2.26. The fourth-order valence-corrected chi connectivity index (χ4v) is 2.04. The van der Waals surface area contributed by atoms with Gasteiger partial charge in [-0.2, -0.15) is 0 Å². The molecule has 17 heavy (non-hydrogen) atoms. The lowest BCUT2D eigenvalue weighted by Crippen LogP contribution is -2.08. The van der Waals surface area contributed by atoms with Crippen LogP contribution in [0, 0.1) is 9.39 Å². The van der Waals surface area contributed by atoms with Gasteiger partial charge in [0.2, 0.25) is 11.8 Å². The molecule has 2 aromatic rings. The van der Waals surface area contributed by atoms with Gasteiger partial charge in [0.25, 0.3) is 0 Å². The van der Waals surface area contributed by atoms with Crippen LogP contribution in [0.25, 0.3) is 11.5 Å². The van der Waals surface area contributed by atoms with Gasteiger partial charge < -0.3 is 10.2 Å². The molecule has 2 rings (SSSR count). The fourth-order valence-electron chi connectivity index (χ4n) is 1.33. The van der Waals surface area contributed by atoms with E-state index in [1.807, 2.05) is 29.5 Å². The van der Waals surface area contributed by atoms with Crippen molar-refractivity contribution < 1.29 is 8.81 Å². The van der Waals surface area contributed by atoms with Gasteiger partial charge in [0.15, 0.2) is 0 Å². The van der Waals surface area contributed by atoms with Crippen LogP contribution >= 0.6 is 22.6 Å². The van der Waals surface area contributed by atoms with Gasteiger partial charge in [0, 0.05) is 3.57 Å². The summed E-state index contributed by atoms with van der Waals surface area (Å²) in [6.45, 7) is 1.94. The van der Waals surface area contributed by atoms with E-state index in [-0.39, 0.29) is 11.9 Å². The van der Waals surface area contributed by atoms with Gasteiger partial charge in [0.05, 0.1) is 11.6 Å². The minimum absolute atomic E-state index is 0.255. The van der Waals surface area contributed by atoms with Crippen molar-refractivity contribution in [3.8, 4) is 11.5 Å². The first-order chi connectivity index (χ1) is 8.11. The molecule has 1 unspecified atom stereocenters. The smallest absolute Gasteiger partial charge is 0.248 e. The number of hydrogen-bond acceptors (Lipinski definition) is 4. The second-order valence-electron chi connectivity index (χ2n) is 3.58. The van der Waals surface area contributed by atoms with Crippen LogP contribution in [0.2, 0.25) is 0 Å². The molecule has 4 nitrogen and oxygen atoms in total. The molecule has 0 bridgehead atoms. The van der Waals surface area contributed by atoms with Crippen LogP contribution in [0.4, 0.5) is 4.39 Å². The number of rotatable bonds is 3. The number of aromatic nitrogens is 2. The highest BCUT2D eigenvalue weighted by atomic mass is 127. The van der Waals surface area contributed by atoms with Crippen molar-refractivity contribution in [2.45, 2.75) is 19.4 Å². The molecule has 90 valence electrons. The van der Waals surface area contributed by atoms with Crippen molar-refractivity contribution in [2.24, 2.45) is 5.73 Å². The van der Waals surface area contributed by atoms with E-state index in [9.17, 15) is 4.39 Å². The predicted molar refractivity (Wildman–Crippen MR) is 69.6 cm³/mol. The molecule has 1 atom stereocenters. The SMILES string of the molecule is CCC(N)c1nnc(-c2ccc(F)cc2I)o1. The van der Waals surface area contributed by atoms with E-state index in [1.54, 1.807) is 6.07 Å². The summed E-state index contributed by atoms with van der Waals surface area (Å²) in [7, 11) is 0. The number of halogens is 2. The summed E-state index contributed by atoms with van der Waals surface area (Å²) in [5.41, 5.74) is 6.51. The van der Waals surface area contributed by atoms with Crippen LogP contribution < -0.4 is 5.73 Å². The Bertz CT molecular complexity index is 529. The highest BCUT2D eigenvalue weighted by Gasteiger charge is 2.15. The number of nitrogens with two attached hydrogens (primary N) is 1. The summed E-state index contributed by atoms with van der Waals surface area (Å²) in [4.78, 5) is 0. The Morgan fingerprint density at radius 3 is 2.88 bits per heavy atom. The van der Waals surface area contributed by atoms with Gasteiger partial charge in [-0.15, -0.1) is 10.2 Å². The first-order valence-electron chi connectivity index (χ1n) is 5.16. The topological polar surface area (TPSA) is 64.9 Å². The minimum atomic E-state index is -0.289. The summed E-state index contributed by atoms with van der Waals surface area (Å²) in [5.74, 6) is 0.485. The van der Waals surface area contributed by atoms with Gasteiger partial charge in [0.1, 0.15) is 5.82 Å². The summed E-state index contributed by atoms with van der Waals surface area (Å²) in [5, 5.41) is 7.81. The maximum Gasteiger partial charge on any atom is 0.248 e. The highest BCUT2D eigenvalue weighted by molar-refractivity contribution is 14.1. The zero-order valence-corrected chi connectivity index (χ0v) is 11.3. The van der Waals surface area contributed by atoms with Crippen molar-refractivity contribution in [1.82, 2.24) is 10.2 Å². The van der Waals surface area contributed by atoms with E-state index < -0.39 is 0 Å². The Morgan fingerprint density at radius 2 is 2.24 bits per heavy atom. The molecule has 0 aliphatic carbocycles. The van der Waals surface area contributed by atoms with E-state index >= 15 is 0 Å². The summed E-state index contributed by atoms with van der Waals surface area (Å²) < 4.78 is 19.2. The summed E-state index contributed by atoms with van der Waals surface area (Å²) in [6.07, 6.45) is 0.724. The van der Waals surface area contributed by atoms with Gasteiger partial charge in [-0.3, -0.25) is 0 Å². The lowest BCUT2D eigenvalue weighted by molar-refractivity contribution is 0.452. The largest absolute Gasteiger partial charge is 0.419 e. The molecule has 6 heteroatoms. The molecular formula is C11H11FIN3O. The van der Waals surface area contributed by atoms with Crippen LogP contribution in [0.15, 0.2) is 22.6 Å². The average molecular weight is 347 g/mol. The average Bonchev–Trinajstić information content (AvgIpc) is 2.77. The second kappa shape index (κ2) is 5.09. The van der Waals surface area contributed by atoms with Crippen LogP contribution in [-0.2, 0) is 0 Å². The van der Waals surface area contributed by atoms with Gasteiger partial charge in [-0.25, -0.2) is 4.39 Å². The van der Waals surface area contributed by atoms with Crippen LogP contribution in [0.5, 0.6) is 0 Å². The molecule has 0 saturated carbocycles. The normalized spacial score (nSPS) is 12.7. The van der Waals surface area contributed by atoms with Crippen LogP contribution in [-0.4, -0.2) is 10.2 Å². The molecular weight excluding hydrogens is 336 g/mol. The molecule has 2 N–H and O–H groups in total. The molecule has 0 aliphatic rings. The zero-order valence-electron chi connectivity index (χ0n) is 9.15. The van der Waals surface area contributed by atoms with E-state index in [4.69, 9.17) is 10.2 Å². The Kier molecular flexibility index (Phi) is 3.72. The Hall–Kier alpha value is -1.02. The zero-order chi connectivity index (χ0) is 12.4. The maximum atomic E-state index is 13.0. The monoisotopic (exact) mass is 347 g/mol. The molecule has 0 fully saturated rings. The molecule has 0 amide bonds. The van der Waals surface area contributed by atoms with Crippen LogP contribution in [0.1, 0.15) is 25.3 Å². The van der Waals surface area contributed by atoms with E-state index in [0.717, 1.165) is 9.99 Å². The van der Waals surface area contributed by atoms with Crippen molar-refractivity contribution >= 4 is 22.6 Å². The Balaban J connectivity index is 2.37. The lowest BCUT2D eigenvalue weighted by Gasteiger charge is -2.01. The third-order valence-corrected chi connectivity index (χ3v) is 3.25. The fraction of sp³-hybridized carbons (Fsp3) is 0.273. The number of hydrogen-bond donors (Lipinski definition) is 1. The molecule has 0 aliphatic heterocycles. The Morgan fingerprint density at radius 1 is 1.47 bits per heavy atom. The third-order valence-electron chi connectivity index (χ3n) is 2.36. The molecule has 1 heterocycles.